The lowest BCUT2D eigenvalue weighted by molar-refractivity contribution is -0.171. The Morgan fingerprint density at radius 2 is 1.85 bits per heavy atom. The molecule has 0 bridgehead atoms. The molecular formula is C21H25F3N6O4. The molecule has 0 aromatic heterocycles. The number of carbonyl (C=O) groups excluding carboxylic acids is 3. The van der Waals surface area contributed by atoms with Gasteiger partial charge in [0.25, 0.3) is 5.91 Å². The standard InChI is InChI=1S/C21H25F3N6O4/c1-27-15(6-7-25)10-17(31)30-8-9-34-12-16(30)11-28-19(32)14-4-2-13(3-5-14)18(26)29-20(33)21(22,23)24/h2-7,16,25,27H,8-12H2,1H3,(H,28,32)(H2,26,29,33)/b15-6-,25-7?. The average molecular weight is 482 g/mol. The number of amides is 3. The molecule has 184 valence electrons. The Labute approximate surface area is 193 Å². The van der Waals surface area contributed by atoms with E-state index in [0.29, 0.717) is 18.8 Å². The SMILES string of the molecule is CN/C(=C\C=N)CC(=O)N1CCOCC1CNC(=O)c1ccc(C(=N)NC(=O)C(F)(F)F)cc1. The fourth-order valence-corrected chi connectivity index (χ4v) is 3.11. The number of hydrogen-bond donors (Lipinski definition) is 5. The minimum absolute atomic E-state index is 0.00933. The molecule has 1 saturated heterocycles. The Balaban J connectivity index is 1.96. The van der Waals surface area contributed by atoms with E-state index >= 15 is 0 Å². The summed E-state index contributed by atoms with van der Waals surface area (Å²) in [6.07, 6.45) is -2.50. The maximum Gasteiger partial charge on any atom is 0.471 e. The van der Waals surface area contributed by atoms with Crippen LogP contribution in [-0.2, 0) is 14.3 Å². The second-order valence-corrected chi connectivity index (χ2v) is 7.22. The maximum absolute atomic E-state index is 12.7. The third-order valence-corrected chi connectivity index (χ3v) is 4.93. The van der Waals surface area contributed by atoms with Gasteiger partial charge >= 0.3 is 12.1 Å². The molecule has 13 heteroatoms. The number of ether oxygens (including phenoxy) is 1. The molecule has 0 saturated carbocycles. The van der Waals surface area contributed by atoms with Crippen LogP contribution in [0.2, 0.25) is 0 Å². The van der Waals surface area contributed by atoms with Crippen LogP contribution in [0.5, 0.6) is 0 Å². The Bertz CT molecular complexity index is 962. The summed E-state index contributed by atoms with van der Waals surface area (Å²) in [6, 6.07) is 4.68. The topological polar surface area (TPSA) is 147 Å². The van der Waals surface area contributed by atoms with Crippen molar-refractivity contribution in [1.82, 2.24) is 20.9 Å². The smallest absolute Gasteiger partial charge is 0.391 e. The van der Waals surface area contributed by atoms with Gasteiger partial charge in [-0.15, -0.1) is 0 Å². The van der Waals surface area contributed by atoms with Crippen molar-refractivity contribution in [3.63, 3.8) is 0 Å². The van der Waals surface area contributed by atoms with Crippen molar-refractivity contribution in [2.75, 3.05) is 33.4 Å². The number of morpholine rings is 1. The molecule has 1 fully saturated rings. The van der Waals surface area contributed by atoms with E-state index in [0.717, 1.165) is 6.21 Å². The fourth-order valence-electron chi connectivity index (χ4n) is 3.11. The van der Waals surface area contributed by atoms with E-state index in [1.165, 1.54) is 35.7 Å². The molecule has 1 aromatic rings. The summed E-state index contributed by atoms with van der Waals surface area (Å²) >= 11 is 0. The molecule has 1 unspecified atom stereocenters. The third kappa shape index (κ3) is 7.40. The van der Waals surface area contributed by atoms with Crippen molar-refractivity contribution in [1.29, 1.82) is 10.8 Å². The molecule has 1 heterocycles. The van der Waals surface area contributed by atoms with E-state index in [4.69, 9.17) is 15.6 Å². The highest BCUT2D eigenvalue weighted by Crippen LogP contribution is 2.15. The summed E-state index contributed by atoms with van der Waals surface area (Å²) in [5, 5.41) is 21.7. The summed E-state index contributed by atoms with van der Waals surface area (Å²) < 4.78 is 42.4. The van der Waals surface area contributed by atoms with Gasteiger partial charge in [0.2, 0.25) is 5.91 Å². The number of allylic oxidation sites excluding steroid dienone is 1. The molecule has 2 rings (SSSR count). The molecule has 1 aliphatic rings. The van der Waals surface area contributed by atoms with Crippen molar-refractivity contribution < 1.29 is 32.3 Å². The number of amidine groups is 1. The van der Waals surface area contributed by atoms with Crippen LogP contribution in [0.25, 0.3) is 0 Å². The predicted molar refractivity (Wildman–Crippen MR) is 117 cm³/mol. The quantitative estimate of drug-likeness (QED) is 0.275. The minimum atomic E-state index is -5.12. The Kier molecular flexibility index (Phi) is 9.30. The van der Waals surface area contributed by atoms with Crippen LogP contribution in [0.4, 0.5) is 13.2 Å². The van der Waals surface area contributed by atoms with E-state index in [-0.39, 0.29) is 36.6 Å². The Hall–Kier alpha value is -3.74. The van der Waals surface area contributed by atoms with E-state index in [1.54, 1.807) is 11.9 Å². The highest BCUT2D eigenvalue weighted by molar-refractivity contribution is 6.08. The molecular weight excluding hydrogens is 457 g/mol. The predicted octanol–water partition coefficient (Wildman–Crippen LogP) is 0.791. The van der Waals surface area contributed by atoms with Gasteiger partial charge in [-0.3, -0.25) is 19.8 Å². The number of rotatable bonds is 8. The zero-order chi connectivity index (χ0) is 25.3. The van der Waals surface area contributed by atoms with Gasteiger partial charge in [-0.2, -0.15) is 13.2 Å². The lowest BCUT2D eigenvalue weighted by atomic mass is 10.1. The first-order valence-electron chi connectivity index (χ1n) is 10.2. The van der Waals surface area contributed by atoms with E-state index in [1.807, 2.05) is 0 Å². The van der Waals surface area contributed by atoms with Crippen LogP contribution >= 0.6 is 0 Å². The lowest BCUT2D eigenvalue weighted by Gasteiger charge is -2.36. The van der Waals surface area contributed by atoms with Crippen molar-refractivity contribution >= 4 is 29.8 Å². The monoisotopic (exact) mass is 482 g/mol. The van der Waals surface area contributed by atoms with E-state index in [9.17, 15) is 27.6 Å². The van der Waals surface area contributed by atoms with Gasteiger partial charge in [-0.1, -0.05) is 12.1 Å². The van der Waals surface area contributed by atoms with Crippen LogP contribution in [0.15, 0.2) is 36.0 Å². The second-order valence-electron chi connectivity index (χ2n) is 7.22. The van der Waals surface area contributed by atoms with Crippen LogP contribution in [0.3, 0.4) is 0 Å². The summed E-state index contributed by atoms with van der Waals surface area (Å²) in [7, 11) is 1.65. The highest BCUT2D eigenvalue weighted by atomic mass is 19.4. The molecule has 10 nitrogen and oxygen atoms in total. The second kappa shape index (κ2) is 11.9. The number of nitrogens with one attached hydrogen (secondary N) is 5. The highest BCUT2D eigenvalue weighted by Gasteiger charge is 2.39. The minimum Gasteiger partial charge on any atom is -0.391 e. The lowest BCUT2D eigenvalue weighted by Crippen LogP contribution is -2.53. The van der Waals surface area contributed by atoms with Crippen LogP contribution in [0, 0.1) is 10.8 Å². The molecule has 1 aliphatic heterocycles. The zero-order valence-corrected chi connectivity index (χ0v) is 18.3. The maximum atomic E-state index is 12.7. The average Bonchev–Trinajstić information content (AvgIpc) is 2.81. The summed E-state index contributed by atoms with van der Waals surface area (Å²) in [6.45, 7) is 1.04. The number of carbonyl (C=O) groups is 3. The molecule has 34 heavy (non-hydrogen) atoms. The number of halogens is 3. The molecule has 1 aromatic carbocycles. The largest absolute Gasteiger partial charge is 0.471 e. The number of hydrogen-bond acceptors (Lipinski definition) is 7. The Morgan fingerprint density at radius 3 is 2.44 bits per heavy atom. The number of alkyl halides is 3. The van der Waals surface area contributed by atoms with Crippen LogP contribution < -0.4 is 16.0 Å². The normalized spacial score (nSPS) is 16.4. The van der Waals surface area contributed by atoms with Gasteiger partial charge in [-0.25, -0.2) is 0 Å². The van der Waals surface area contributed by atoms with Gasteiger partial charge in [-0.05, 0) is 18.2 Å². The number of benzene rings is 1. The molecule has 0 spiro atoms. The molecule has 1 atom stereocenters. The van der Waals surface area contributed by atoms with E-state index < -0.39 is 29.9 Å². The van der Waals surface area contributed by atoms with Crippen molar-refractivity contribution in [2.45, 2.75) is 18.6 Å². The Morgan fingerprint density at radius 1 is 1.21 bits per heavy atom. The van der Waals surface area contributed by atoms with Gasteiger partial charge in [0, 0.05) is 43.2 Å². The summed E-state index contributed by atoms with van der Waals surface area (Å²) in [5.74, 6) is -3.69. The van der Waals surface area contributed by atoms with Crippen molar-refractivity contribution in [2.24, 2.45) is 0 Å². The molecule has 5 N–H and O–H groups in total. The van der Waals surface area contributed by atoms with Crippen molar-refractivity contribution in [3.8, 4) is 0 Å². The fraction of sp³-hybridized carbons (Fsp3) is 0.381. The summed E-state index contributed by atoms with van der Waals surface area (Å²) in [5.41, 5.74) is 0.746. The number of nitrogens with zero attached hydrogens (tertiary/aromatic N) is 1. The molecule has 0 aliphatic carbocycles. The van der Waals surface area contributed by atoms with Gasteiger partial charge < -0.3 is 31.0 Å². The van der Waals surface area contributed by atoms with Gasteiger partial charge in [0.15, 0.2) is 0 Å². The molecule has 0 radical (unpaired) electrons. The van der Waals surface area contributed by atoms with Crippen molar-refractivity contribution in [3.05, 3.63) is 47.2 Å². The van der Waals surface area contributed by atoms with E-state index in [2.05, 4.69) is 10.6 Å². The first-order valence-corrected chi connectivity index (χ1v) is 10.2. The van der Waals surface area contributed by atoms with Gasteiger partial charge in [0.05, 0.1) is 25.7 Å². The van der Waals surface area contributed by atoms with Crippen LogP contribution in [-0.4, -0.2) is 80.2 Å². The zero-order valence-electron chi connectivity index (χ0n) is 18.3. The molecule has 3 amide bonds. The third-order valence-electron chi connectivity index (χ3n) is 4.93. The first-order chi connectivity index (χ1) is 16.1. The first kappa shape index (κ1) is 26.5. The van der Waals surface area contributed by atoms with Gasteiger partial charge in [0.1, 0.15) is 5.84 Å². The summed E-state index contributed by atoms with van der Waals surface area (Å²) in [4.78, 5) is 37.7. The van der Waals surface area contributed by atoms with Crippen LogP contribution in [0.1, 0.15) is 22.3 Å².